The number of nitrogens with one attached hydrogen (secondary N) is 1. The fraction of sp³-hybridized carbons (Fsp3) is 0.167. The lowest BCUT2D eigenvalue weighted by molar-refractivity contribution is -0.136. The highest BCUT2D eigenvalue weighted by molar-refractivity contribution is 7.13. The Hall–Kier alpha value is -4.05. The SMILES string of the molecule is Cc1noc(-c2csc(-c3ccccc3CC(=O)O)n2)c1NC(=O)OC(C)c1ccccc1F. The van der Waals surface area contributed by atoms with Crippen molar-refractivity contribution in [2.75, 3.05) is 5.32 Å². The molecule has 34 heavy (non-hydrogen) atoms. The molecule has 0 aliphatic carbocycles. The number of aromatic nitrogens is 2. The minimum absolute atomic E-state index is 0.134. The largest absolute Gasteiger partial charge is 0.481 e. The van der Waals surface area contributed by atoms with E-state index >= 15 is 0 Å². The number of carboxylic acid groups (broad SMARTS) is 1. The molecule has 1 atom stereocenters. The molecule has 4 rings (SSSR count). The number of benzene rings is 2. The van der Waals surface area contributed by atoms with Gasteiger partial charge < -0.3 is 14.4 Å². The number of nitrogens with zero attached hydrogens (tertiary/aromatic N) is 2. The third-order valence-corrected chi connectivity index (χ3v) is 5.92. The first-order chi connectivity index (χ1) is 16.3. The summed E-state index contributed by atoms with van der Waals surface area (Å²) >= 11 is 1.31. The van der Waals surface area contributed by atoms with Gasteiger partial charge >= 0.3 is 12.1 Å². The molecule has 0 fully saturated rings. The highest BCUT2D eigenvalue weighted by Crippen LogP contribution is 2.36. The van der Waals surface area contributed by atoms with Crippen LogP contribution in [0.1, 0.15) is 29.8 Å². The van der Waals surface area contributed by atoms with Gasteiger partial charge in [-0.2, -0.15) is 0 Å². The van der Waals surface area contributed by atoms with Gasteiger partial charge in [-0.05, 0) is 25.5 Å². The second kappa shape index (κ2) is 9.84. The van der Waals surface area contributed by atoms with E-state index in [0.717, 1.165) is 0 Å². The predicted molar refractivity (Wildman–Crippen MR) is 124 cm³/mol. The first-order valence-electron chi connectivity index (χ1n) is 10.3. The van der Waals surface area contributed by atoms with E-state index in [2.05, 4.69) is 15.5 Å². The molecule has 0 bridgehead atoms. The maximum atomic E-state index is 14.0. The summed E-state index contributed by atoms with van der Waals surface area (Å²) < 4.78 is 24.7. The van der Waals surface area contributed by atoms with Crippen LogP contribution >= 0.6 is 11.3 Å². The van der Waals surface area contributed by atoms with Gasteiger partial charge in [0.05, 0.1) is 6.42 Å². The van der Waals surface area contributed by atoms with Crippen LogP contribution in [0.5, 0.6) is 0 Å². The Morgan fingerprint density at radius 1 is 1.21 bits per heavy atom. The van der Waals surface area contributed by atoms with Crippen LogP contribution in [0.4, 0.5) is 14.9 Å². The Kier molecular flexibility index (Phi) is 6.69. The highest BCUT2D eigenvalue weighted by atomic mass is 32.1. The second-order valence-corrected chi connectivity index (χ2v) is 8.29. The first-order valence-corrected chi connectivity index (χ1v) is 11.2. The lowest BCUT2D eigenvalue weighted by atomic mass is 10.1. The van der Waals surface area contributed by atoms with Crippen LogP contribution in [0.15, 0.2) is 58.4 Å². The van der Waals surface area contributed by atoms with Gasteiger partial charge in [0.25, 0.3) is 0 Å². The van der Waals surface area contributed by atoms with E-state index in [-0.39, 0.29) is 23.4 Å². The zero-order valence-electron chi connectivity index (χ0n) is 18.2. The highest BCUT2D eigenvalue weighted by Gasteiger charge is 2.23. The summed E-state index contributed by atoms with van der Waals surface area (Å²) in [6.45, 7) is 3.22. The van der Waals surface area contributed by atoms with Crippen molar-refractivity contribution in [3.8, 4) is 22.0 Å². The predicted octanol–water partition coefficient (Wildman–Crippen LogP) is 5.85. The van der Waals surface area contributed by atoms with Gasteiger partial charge in [0, 0.05) is 16.5 Å². The van der Waals surface area contributed by atoms with Gasteiger partial charge in [-0.3, -0.25) is 10.1 Å². The molecule has 8 nitrogen and oxygen atoms in total. The zero-order valence-corrected chi connectivity index (χ0v) is 19.1. The lowest BCUT2D eigenvalue weighted by Crippen LogP contribution is -2.17. The normalized spacial score (nSPS) is 11.7. The first kappa shape index (κ1) is 23.1. The van der Waals surface area contributed by atoms with Crippen LogP contribution in [-0.4, -0.2) is 27.3 Å². The number of rotatable bonds is 7. The molecule has 4 aromatic rings. The summed E-state index contributed by atoms with van der Waals surface area (Å²) in [6, 6.07) is 13.2. The number of hydrogen-bond acceptors (Lipinski definition) is 7. The number of amides is 1. The van der Waals surface area contributed by atoms with Crippen molar-refractivity contribution >= 4 is 29.1 Å². The Bertz CT molecular complexity index is 1350. The number of aryl methyl sites for hydroxylation is 1. The van der Waals surface area contributed by atoms with Crippen molar-refractivity contribution < 1.29 is 28.3 Å². The van der Waals surface area contributed by atoms with E-state index < -0.39 is 24.0 Å². The van der Waals surface area contributed by atoms with Crippen molar-refractivity contribution in [1.29, 1.82) is 0 Å². The van der Waals surface area contributed by atoms with Crippen molar-refractivity contribution in [2.24, 2.45) is 0 Å². The Morgan fingerprint density at radius 3 is 2.71 bits per heavy atom. The van der Waals surface area contributed by atoms with E-state index in [9.17, 15) is 19.1 Å². The Morgan fingerprint density at radius 2 is 1.94 bits per heavy atom. The molecular formula is C24H20FN3O5S. The van der Waals surface area contributed by atoms with Crippen LogP contribution in [0.3, 0.4) is 0 Å². The number of ether oxygens (including phenoxy) is 1. The Labute approximate surface area is 198 Å². The van der Waals surface area contributed by atoms with Gasteiger partial charge in [-0.1, -0.05) is 47.6 Å². The number of carbonyl (C=O) groups is 2. The molecule has 174 valence electrons. The maximum Gasteiger partial charge on any atom is 0.412 e. The monoisotopic (exact) mass is 481 g/mol. The lowest BCUT2D eigenvalue weighted by Gasteiger charge is -2.14. The molecule has 0 radical (unpaired) electrons. The zero-order chi connectivity index (χ0) is 24.2. The number of carboxylic acids is 1. The summed E-state index contributed by atoms with van der Waals surface area (Å²) in [5.74, 6) is -1.18. The molecule has 0 saturated carbocycles. The number of carbonyl (C=O) groups excluding carboxylic acids is 1. The van der Waals surface area contributed by atoms with Crippen molar-refractivity contribution in [2.45, 2.75) is 26.4 Å². The van der Waals surface area contributed by atoms with Crippen molar-refractivity contribution in [3.63, 3.8) is 0 Å². The van der Waals surface area contributed by atoms with E-state index in [1.165, 1.54) is 17.4 Å². The van der Waals surface area contributed by atoms with Gasteiger partial charge in [0.1, 0.15) is 34.0 Å². The number of hydrogen-bond donors (Lipinski definition) is 2. The molecule has 10 heteroatoms. The number of aliphatic carboxylic acids is 1. The molecule has 1 amide bonds. The summed E-state index contributed by atoms with van der Waals surface area (Å²) in [4.78, 5) is 28.3. The van der Waals surface area contributed by atoms with E-state index in [1.54, 1.807) is 61.7 Å². The summed E-state index contributed by atoms with van der Waals surface area (Å²) in [7, 11) is 0. The Balaban J connectivity index is 1.55. The topological polar surface area (TPSA) is 115 Å². The molecule has 1 unspecified atom stereocenters. The standard InChI is InChI=1S/C24H20FN3O5S/c1-13-21(27-24(31)32-14(2)16-8-5-6-10-18(16)25)22(33-28-13)19-12-34-23(26-19)17-9-4-3-7-15(17)11-20(29)30/h3-10,12,14H,11H2,1-2H3,(H,27,31)(H,29,30). The van der Waals surface area contributed by atoms with Gasteiger partial charge in [0.2, 0.25) is 5.76 Å². The van der Waals surface area contributed by atoms with Crippen LogP contribution in [0, 0.1) is 12.7 Å². The average molecular weight is 482 g/mol. The summed E-state index contributed by atoms with van der Waals surface area (Å²) in [5, 5.41) is 18.0. The summed E-state index contributed by atoms with van der Waals surface area (Å²) in [5.41, 5.74) is 2.69. The van der Waals surface area contributed by atoms with E-state index in [0.29, 0.717) is 27.5 Å². The molecule has 0 aliphatic heterocycles. The second-order valence-electron chi connectivity index (χ2n) is 7.43. The van der Waals surface area contributed by atoms with Crippen molar-refractivity contribution in [3.05, 3.63) is 76.5 Å². The van der Waals surface area contributed by atoms with Crippen LogP contribution in [-0.2, 0) is 16.0 Å². The maximum absolute atomic E-state index is 14.0. The van der Waals surface area contributed by atoms with Crippen LogP contribution in [0.25, 0.3) is 22.0 Å². The average Bonchev–Trinajstić information content (AvgIpc) is 3.41. The van der Waals surface area contributed by atoms with Gasteiger partial charge in [0.15, 0.2) is 0 Å². The number of thiazole rings is 1. The van der Waals surface area contributed by atoms with Crippen LogP contribution < -0.4 is 5.32 Å². The fourth-order valence-corrected chi connectivity index (χ4v) is 4.26. The molecule has 2 heterocycles. The third-order valence-electron chi connectivity index (χ3n) is 5.04. The minimum atomic E-state index is -0.940. The molecule has 0 saturated heterocycles. The van der Waals surface area contributed by atoms with Crippen molar-refractivity contribution in [1.82, 2.24) is 10.1 Å². The molecule has 0 aliphatic rings. The van der Waals surface area contributed by atoms with Gasteiger partial charge in [-0.15, -0.1) is 11.3 Å². The van der Waals surface area contributed by atoms with Crippen LogP contribution in [0.2, 0.25) is 0 Å². The van der Waals surface area contributed by atoms with E-state index in [4.69, 9.17) is 9.26 Å². The quantitative estimate of drug-likeness (QED) is 0.340. The fourth-order valence-electron chi connectivity index (χ4n) is 3.40. The van der Waals surface area contributed by atoms with E-state index in [1.807, 2.05) is 0 Å². The summed E-state index contributed by atoms with van der Waals surface area (Å²) in [6.07, 6.45) is -1.75. The molecular weight excluding hydrogens is 461 g/mol. The number of anilines is 1. The molecule has 2 aromatic carbocycles. The third kappa shape index (κ3) is 4.96. The smallest absolute Gasteiger partial charge is 0.412 e. The number of halogens is 1. The van der Waals surface area contributed by atoms with Gasteiger partial charge in [-0.25, -0.2) is 14.2 Å². The molecule has 2 N–H and O–H groups in total. The molecule has 2 aromatic heterocycles. The minimum Gasteiger partial charge on any atom is -0.481 e. The molecule has 0 spiro atoms.